The van der Waals surface area contributed by atoms with Gasteiger partial charge < -0.3 is 24.1 Å². The molecule has 0 bridgehead atoms. The summed E-state index contributed by atoms with van der Waals surface area (Å²) in [6.07, 6.45) is 10.0. The van der Waals surface area contributed by atoms with Crippen LogP contribution in [-0.4, -0.2) is 36.8 Å². The largest absolute Gasteiger partial charge is 0.507 e. The number of hydrogen-bond donors (Lipinski definition) is 1. The number of phenols is 1. The van der Waals surface area contributed by atoms with Crippen molar-refractivity contribution in [1.29, 1.82) is 0 Å². The molecule has 4 rings (SSSR count). The molecule has 5 heteroatoms. The van der Waals surface area contributed by atoms with Crippen molar-refractivity contribution < 1.29 is 24.1 Å². The third-order valence-corrected chi connectivity index (χ3v) is 8.90. The molecule has 2 fully saturated rings. The van der Waals surface area contributed by atoms with E-state index in [0.717, 1.165) is 48.3 Å². The van der Waals surface area contributed by atoms with Gasteiger partial charge in [0.2, 0.25) is 5.79 Å². The lowest BCUT2D eigenvalue weighted by Gasteiger charge is -2.54. The minimum absolute atomic E-state index is 0.00978. The monoisotopic (exact) mass is 470 g/mol. The van der Waals surface area contributed by atoms with E-state index < -0.39 is 11.4 Å². The van der Waals surface area contributed by atoms with Crippen LogP contribution in [0, 0.1) is 17.8 Å². The molecule has 3 aliphatic rings. The average molecular weight is 471 g/mol. The van der Waals surface area contributed by atoms with Gasteiger partial charge in [-0.05, 0) is 70.7 Å². The first-order valence-electron chi connectivity index (χ1n) is 12.5. The van der Waals surface area contributed by atoms with E-state index in [1.165, 1.54) is 12.0 Å². The van der Waals surface area contributed by atoms with Crippen LogP contribution in [0.1, 0.15) is 77.8 Å². The molecule has 2 aliphatic heterocycles. The second-order valence-corrected chi connectivity index (χ2v) is 11.6. The minimum atomic E-state index is -0.686. The molecular formula is C29H42O5. The van der Waals surface area contributed by atoms with Gasteiger partial charge in [-0.25, -0.2) is 0 Å². The second kappa shape index (κ2) is 8.60. The molecule has 188 valence electrons. The number of rotatable bonds is 6. The number of ether oxygens (including phenoxy) is 4. The number of aryl methyl sites for hydroxylation is 1. The van der Waals surface area contributed by atoms with E-state index in [0.29, 0.717) is 12.2 Å². The lowest BCUT2D eigenvalue weighted by Crippen LogP contribution is -2.57. The van der Waals surface area contributed by atoms with E-state index in [1.807, 2.05) is 19.1 Å². The van der Waals surface area contributed by atoms with Crippen LogP contribution >= 0.6 is 0 Å². The second-order valence-electron chi connectivity index (χ2n) is 11.6. The van der Waals surface area contributed by atoms with Gasteiger partial charge in [-0.15, -0.1) is 0 Å². The molecule has 1 N–H and O–H groups in total. The van der Waals surface area contributed by atoms with Crippen molar-refractivity contribution in [3.05, 3.63) is 46.7 Å². The van der Waals surface area contributed by atoms with E-state index in [-0.39, 0.29) is 16.9 Å². The first-order chi connectivity index (χ1) is 15.9. The number of allylic oxidation sites excluding steroid dienone is 3. The molecule has 0 amide bonds. The van der Waals surface area contributed by atoms with Gasteiger partial charge in [0.05, 0.1) is 18.8 Å². The zero-order chi connectivity index (χ0) is 24.9. The van der Waals surface area contributed by atoms with Gasteiger partial charge in [0.1, 0.15) is 17.3 Å². The summed E-state index contributed by atoms with van der Waals surface area (Å²) < 4.78 is 24.9. The first-order valence-corrected chi connectivity index (χ1v) is 12.5. The summed E-state index contributed by atoms with van der Waals surface area (Å²) in [5.74, 6) is 1.39. The molecule has 1 saturated carbocycles. The van der Waals surface area contributed by atoms with Crippen LogP contribution in [0.25, 0.3) is 0 Å². The summed E-state index contributed by atoms with van der Waals surface area (Å²) in [5.41, 5.74) is 2.40. The molecule has 0 aromatic heterocycles. The summed E-state index contributed by atoms with van der Waals surface area (Å²) in [7, 11) is 3.42. The third-order valence-electron chi connectivity index (χ3n) is 8.90. The van der Waals surface area contributed by atoms with Gasteiger partial charge >= 0.3 is 0 Å². The predicted molar refractivity (Wildman–Crippen MR) is 134 cm³/mol. The fourth-order valence-corrected chi connectivity index (χ4v) is 6.53. The van der Waals surface area contributed by atoms with Crippen molar-refractivity contribution in [3.63, 3.8) is 0 Å². The Morgan fingerprint density at radius 3 is 2.56 bits per heavy atom. The Morgan fingerprint density at radius 2 is 1.91 bits per heavy atom. The Bertz CT molecular complexity index is 1010. The Kier molecular flexibility index (Phi) is 6.35. The number of hydrogen-bond acceptors (Lipinski definition) is 5. The van der Waals surface area contributed by atoms with Gasteiger partial charge in [0.25, 0.3) is 0 Å². The highest BCUT2D eigenvalue weighted by atomic mass is 16.7. The Hall–Kier alpha value is -1.98. The molecule has 1 spiro atoms. The Labute approximate surface area is 205 Å². The van der Waals surface area contributed by atoms with Crippen molar-refractivity contribution >= 4 is 0 Å². The molecule has 1 aliphatic carbocycles. The van der Waals surface area contributed by atoms with Crippen LogP contribution in [0.4, 0.5) is 0 Å². The molecule has 1 aromatic carbocycles. The third kappa shape index (κ3) is 3.95. The normalized spacial score (nSPS) is 34.6. The maximum absolute atomic E-state index is 10.5. The first kappa shape index (κ1) is 25.1. The van der Waals surface area contributed by atoms with Crippen LogP contribution in [0.5, 0.6) is 11.5 Å². The molecule has 5 nitrogen and oxygen atoms in total. The van der Waals surface area contributed by atoms with Crippen LogP contribution in [-0.2, 0) is 20.6 Å². The predicted octanol–water partition coefficient (Wildman–Crippen LogP) is 6.61. The summed E-state index contributed by atoms with van der Waals surface area (Å²) in [6.45, 7) is 13.0. The number of benzene rings is 1. The van der Waals surface area contributed by atoms with Gasteiger partial charge in [-0.1, -0.05) is 31.9 Å². The zero-order valence-electron chi connectivity index (χ0n) is 22.2. The topological polar surface area (TPSA) is 57.2 Å². The fourth-order valence-electron chi connectivity index (χ4n) is 6.53. The van der Waals surface area contributed by atoms with Crippen LogP contribution < -0.4 is 4.74 Å². The standard InChI is InChI=1S/C29H42O5/c1-19(10-11-21-16-22(31-7)15-20(2)25(21)30)14-23-17-27(5)12-9-13-28(27,6)29(33-23)18-24(32-8)26(3,4)34-29/h10,15-17,24,30H,9,11-14,18H2,1-8H3/b19-10+/t24-,27+,28+,29+/m1/s1. The van der Waals surface area contributed by atoms with Crippen LogP contribution in [0.3, 0.4) is 0 Å². The number of fused-ring (bicyclic) bond motifs is 2. The molecule has 4 atom stereocenters. The Morgan fingerprint density at radius 1 is 1.18 bits per heavy atom. The summed E-state index contributed by atoms with van der Waals surface area (Å²) in [5, 5.41) is 10.5. The van der Waals surface area contributed by atoms with Crippen molar-refractivity contribution in [3.8, 4) is 11.5 Å². The lowest BCUT2D eigenvalue weighted by atomic mass is 9.60. The molecule has 0 radical (unpaired) electrons. The molecule has 2 heterocycles. The van der Waals surface area contributed by atoms with Crippen molar-refractivity contribution in [2.75, 3.05) is 14.2 Å². The number of phenolic OH excluding ortho intramolecular Hbond substituents is 1. The summed E-state index contributed by atoms with van der Waals surface area (Å²) in [6, 6.07) is 3.76. The molecule has 0 unspecified atom stereocenters. The van der Waals surface area contributed by atoms with Crippen LogP contribution in [0.2, 0.25) is 0 Å². The van der Waals surface area contributed by atoms with E-state index >= 15 is 0 Å². The van der Waals surface area contributed by atoms with Gasteiger partial charge in [-0.3, -0.25) is 0 Å². The highest BCUT2D eigenvalue weighted by Crippen LogP contribution is 2.67. The van der Waals surface area contributed by atoms with Gasteiger partial charge in [-0.2, -0.15) is 0 Å². The highest BCUT2D eigenvalue weighted by Gasteiger charge is 2.70. The van der Waals surface area contributed by atoms with E-state index in [9.17, 15) is 5.11 Å². The zero-order valence-corrected chi connectivity index (χ0v) is 22.2. The average Bonchev–Trinajstić information content (AvgIpc) is 3.22. The van der Waals surface area contributed by atoms with Crippen molar-refractivity contribution in [1.82, 2.24) is 0 Å². The molecule has 1 saturated heterocycles. The van der Waals surface area contributed by atoms with Crippen molar-refractivity contribution in [2.45, 2.75) is 97.6 Å². The molecule has 34 heavy (non-hydrogen) atoms. The Balaban J connectivity index is 1.60. The highest BCUT2D eigenvalue weighted by molar-refractivity contribution is 5.46. The van der Waals surface area contributed by atoms with Gasteiger partial charge in [0.15, 0.2) is 0 Å². The minimum Gasteiger partial charge on any atom is -0.507 e. The SMILES string of the molecule is COc1cc(C)c(O)c(C/C=C(\C)CC2=C[C@]3(C)CCC[C@]3(C)[C@@]3(C[C@@H](OC)C(C)(C)O3)O2)c1. The van der Waals surface area contributed by atoms with E-state index in [1.54, 1.807) is 14.2 Å². The number of aromatic hydroxyl groups is 1. The van der Waals surface area contributed by atoms with E-state index in [4.69, 9.17) is 18.9 Å². The molecular weight excluding hydrogens is 428 g/mol. The molecule has 1 aromatic rings. The summed E-state index contributed by atoms with van der Waals surface area (Å²) in [4.78, 5) is 0. The lowest BCUT2D eigenvalue weighted by molar-refractivity contribution is -0.309. The van der Waals surface area contributed by atoms with Gasteiger partial charge in [0, 0.05) is 36.3 Å². The maximum atomic E-state index is 10.5. The number of methoxy groups -OCH3 is 2. The quantitative estimate of drug-likeness (QED) is 0.474. The van der Waals surface area contributed by atoms with E-state index in [2.05, 4.69) is 46.8 Å². The van der Waals surface area contributed by atoms with Crippen molar-refractivity contribution in [2.24, 2.45) is 10.8 Å². The van der Waals surface area contributed by atoms with Crippen LogP contribution in [0.15, 0.2) is 35.6 Å². The summed E-state index contributed by atoms with van der Waals surface area (Å²) >= 11 is 0. The maximum Gasteiger partial charge on any atom is 0.219 e. The fraction of sp³-hybridized carbons (Fsp3) is 0.655. The smallest absolute Gasteiger partial charge is 0.219 e.